The van der Waals surface area contributed by atoms with E-state index in [9.17, 15) is 4.79 Å². The summed E-state index contributed by atoms with van der Waals surface area (Å²) < 4.78 is 1.98. The number of thioether (sulfide) groups is 1. The van der Waals surface area contributed by atoms with E-state index in [0.717, 1.165) is 28.2 Å². The molecule has 2 aromatic carbocycles. The van der Waals surface area contributed by atoms with E-state index in [0.29, 0.717) is 6.54 Å². The van der Waals surface area contributed by atoms with Crippen LogP contribution in [0.5, 0.6) is 0 Å². The third-order valence-corrected chi connectivity index (χ3v) is 4.24. The zero-order valence-electron chi connectivity index (χ0n) is 14.0. The Morgan fingerprint density at radius 2 is 1.92 bits per heavy atom. The van der Waals surface area contributed by atoms with Gasteiger partial charge in [0.1, 0.15) is 12.4 Å². The highest BCUT2D eigenvalue weighted by atomic mass is 32.2. The third kappa shape index (κ3) is 4.43. The van der Waals surface area contributed by atoms with Crippen LogP contribution in [0, 0.1) is 11.8 Å². The summed E-state index contributed by atoms with van der Waals surface area (Å²) in [7, 11) is 0. The van der Waals surface area contributed by atoms with Crippen LogP contribution >= 0.6 is 11.8 Å². The van der Waals surface area contributed by atoms with E-state index in [1.54, 1.807) is 11.8 Å². The molecule has 0 radical (unpaired) electrons. The summed E-state index contributed by atoms with van der Waals surface area (Å²) in [5.74, 6) is 7.64. The normalized spacial score (nSPS) is 10.3. The SMILES string of the molecule is CSCc1nc2ccccc2n1CC(=O)NCC#Cc1ccccc1. The molecule has 1 N–H and O–H groups in total. The molecule has 3 aromatic rings. The van der Waals surface area contributed by atoms with E-state index in [2.05, 4.69) is 22.1 Å². The van der Waals surface area contributed by atoms with Crippen molar-refractivity contribution >= 4 is 28.7 Å². The second kappa shape index (κ2) is 8.41. The average molecular weight is 349 g/mol. The number of fused-ring (bicyclic) bond motifs is 1. The molecule has 126 valence electrons. The van der Waals surface area contributed by atoms with Gasteiger partial charge in [0, 0.05) is 5.56 Å². The number of hydrogen-bond acceptors (Lipinski definition) is 3. The first-order valence-electron chi connectivity index (χ1n) is 8.01. The van der Waals surface area contributed by atoms with Crippen LogP contribution in [0.3, 0.4) is 0 Å². The maximum Gasteiger partial charge on any atom is 0.240 e. The molecule has 0 fully saturated rings. The van der Waals surface area contributed by atoms with Gasteiger partial charge in [0.2, 0.25) is 5.91 Å². The number of carbonyl (C=O) groups excluding carboxylic acids is 1. The van der Waals surface area contributed by atoms with Crippen LogP contribution in [0.1, 0.15) is 11.4 Å². The number of hydrogen-bond donors (Lipinski definition) is 1. The average Bonchev–Trinajstić information content (AvgIpc) is 2.97. The molecule has 5 heteroatoms. The van der Waals surface area contributed by atoms with Crippen molar-refractivity contribution < 1.29 is 4.79 Å². The maximum absolute atomic E-state index is 12.3. The number of aromatic nitrogens is 2. The van der Waals surface area contributed by atoms with Crippen molar-refractivity contribution in [3.63, 3.8) is 0 Å². The first-order chi connectivity index (χ1) is 12.3. The lowest BCUT2D eigenvalue weighted by Gasteiger charge is -2.08. The molecule has 0 aliphatic rings. The standard InChI is InChI=1S/C20H19N3OS/c1-25-15-19-22-17-11-5-6-12-18(17)23(19)14-20(24)21-13-7-10-16-8-3-2-4-9-16/h2-6,8-9,11-12H,13-15H2,1H3,(H,21,24). The van der Waals surface area contributed by atoms with Crippen molar-refractivity contribution in [2.45, 2.75) is 12.3 Å². The quantitative estimate of drug-likeness (QED) is 0.720. The highest BCUT2D eigenvalue weighted by molar-refractivity contribution is 7.97. The van der Waals surface area contributed by atoms with Crippen LogP contribution in [-0.2, 0) is 17.1 Å². The second-order valence-electron chi connectivity index (χ2n) is 5.48. The third-order valence-electron chi connectivity index (χ3n) is 3.69. The van der Waals surface area contributed by atoms with Crippen LogP contribution in [0.2, 0.25) is 0 Å². The summed E-state index contributed by atoms with van der Waals surface area (Å²) in [4.78, 5) is 16.9. The van der Waals surface area contributed by atoms with Crippen LogP contribution < -0.4 is 5.32 Å². The van der Waals surface area contributed by atoms with E-state index in [1.807, 2.05) is 65.4 Å². The van der Waals surface area contributed by atoms with E-state index >= 15 is 0 Å². The van der Waals surface area contributed by atoms with Gasteiger partial charge in [-0.2, -0.15) is 11.8 Å². The fourth-order valence-electron chi connectivity index (χ4n) is 2.55. The van der Waals surface area contributed by atoms with Gasteiger partial charge in [-0.05, 0) is 30.5 Å². The molecular weight excluding hydrogens is 330 g/mol. The molecule has 0 atom stereocenters. The fourth-order valence-corrected chi connectivity index (χ4v) is 3.03. The summed E-state index contributed by atoms with van der Waals surface area (Å²) in [6.07, 6.45) is 2.03. The predicted molar refractivity (Wildman–Crippen MR) is 103 cm³/mol. The van der Waals surface area contributed by atoms with Crippen LogP contribution in [0.4, 0.5) is 0 Å². The smallest absolute Gasteiger partial charge is 0.240 e. The Balaban J connectivity index is 1.66. The monoisotopic (exact) mass is 349 g/mol. The minimum Gasteiger partial charge on any atom is -0.344 e. The zero-order valence-corrected chi connectivity index (χ0v) is 14.8. The number of carbonyl (C=O) groups is 1. The molecule has 0 saturated heterocycles. The molecule has 1 amide bonds. The van der Waals surface area contributed by atoms with Crippen molar-refractivity contribution in [2.24, 2.45) is 0 Å². The molecule has 1 aromatic heterocycles. The molecule has 3 rings (SSSR count). The summed E-state index contributed by atoms with van der Waals surface area (Å²) in [5, 5.41) is 2.86. The number of para-hydroxylation sites is 2. The van der Waals surface area contributed by atoms with Crippen molar-refractivity contribution in [3.05, 3.63) is 66.0 Å². The van der Waals surface area contributed by atoms with Gasteiger partial charge in [0.25, 0.3) is 0 Å². The molecule has 0 aliphatic carbocycles. The molecule has 0 spiro atoms. The zero-order chi connectivity index (χ0) is 17.5. The van der Waals surface area contributed by atoms with Crippen molar-refractivity contribution in [3.8, 4) is 11.8 Å². The summed E-state index contributed by atoms with van der Waals surface area (Å²) in [6.45, 7) is 0.585. The summed E-state index contributed by atoms with van der Waals surface area (Å²) >= 11 is 1.69. The molecule has 0 bridgehead atoms. The molecular formula is C20H19N3OS. The van der Waals surface area contributed by atoms with Crippen molar-refractivity contribution in [1.82, 2.24) is 14.9 Å². The van der Waals surface area contributed by atoms with Crippen molar-refractivity contribution in [2.75, 3.05) is 12.8 Å². The van der Waals surface area contributed by atoms with Gasteiger partial charge in [-0.15, -0.1) is 0 Å². The highest BCUT2D eigenvalue weighted by Gasteiger charge is 2.12. The van der Waals surface area contributed by atoms with Gasteiger partial charge in [-0.1, -0.05) is 42.2 Å². The summed E-state index contributed by atoms with van der Waals surface area (Å²) in [6, 6.07) is 17.6. The lowest BCUT2D eigenvalue weighted by molar-refractivity contribution is -0.121. The highest BCUT2D eigenvalue weighted by Crippen LogP contribution is 2.18. The molecule has 1 heterocycles. The maximum atomic E-state index is 12.3. The number of benzene rings is 2. The molecule has 25 heavy (non-hydrogen) atoms. The number of imidazole rings is 1. The Labute approximate surface area is 151 Å². The Kier molecular flexibility index (Phi) is 5.76. The fraction of sp³-hybridized carbons (Fsp3) is 0.200. The van der Waals surface area contributed by atoms with Crippen LogP contribution in [0.25, 0.3) is 11.0 Å². The van der Waals surface area contributed by atoms with Gasteiger partial charge >= 0.3 is 0 Å². The largest absolute Gasteiger partial charge is 0.344 e. The lowest BCUT2D eigenvalue weighted by atomic mass is 10.2. The Hall–Kier alpha value is -2.71. The van der Waals surface area contributed by atoms with Gasteiger partial charge < -0.3 is 9.88 Å². The Morgan fingerprint density at radius 3 is 2.72 bits per heavy atom. The van der Waals surface area contributed by atoms with Crippen molar-refractivity contribution in [1.29, 1.82) is 0 Å². The lowest BCUT2D eigenvalue weighted by Crippen LogP contribution is -2.28. The Bertz CT molecular complexity index is 922. The number of nitrogens with zero attached hydrogens (tertiary/aromatic N) is 2. The van der Waals surface area contributed by atoms with Gasteiger partial charge in [-0.3, -0.25) is 4.79 Å². The van der Waals surface area contributed by atoms with Crippen LogP contribution in [-0.4, -0.2) is 28.3 Å². The van der Waals surface area contributed by atoms with Crippen LogP contribution in [0.15, 0.2) is 54.6 Å². The number of amides is 1. The minimum absolute atomic E-state index is 0.0622. The van der Waals surface area contributed by atoms with E-state index in [1.165, 1.54) is 0 Å². The topological polar surface area (TPSA) is 46.9 Å². The van der Waals surface area contributed by atoms with Gasteiger partial charge in [0.05, 0.1) is 23.3 Å². The Morgan fingerprint density at radius 1 is 1.16 bits per heavy atom. The molecule has 0 saturated carbocycles. The van der Waals surface area contributed by atoms with E-state index in [-0.39, 0.29) is 12.5 Å². The number of nitrogens with one attached hydrogen (secondary N) is 1. The van der Waals surface area contributed by atoms with E-state index < -0.39 is 0 Å². The summed E-state index contributed by atoms with van der Waals surface area (Å²) in [5.41, 5.74) is 2.85. The number of rotatable bonds is 5. The van der Waals surface area contributed by atoms with Gasteiger partial charge in [0.15, 0.2) is 0 Å². The predicted octanol–water partition coefficient (Wildman–Crippen LogP) is 3.07. The molecule has 0 unspecified atom stereocenters. The molecule has 0 aliphatic heterocycles. The first-order valence-corrected chi connectivity index (χ1v) is 9.41. The van der Waals surface area contributed by atoms with Gasteiger partial charge in [-0.25, -0.2) is 4.98 Å². The second-order valence-corrected chi connectivity index (χ2v) is 6.35. The minimum atomic E-state index is -0.0622. The molecule has 4 nitrogen and oxygen atoms in total. The van der Waals surface area contributed by atoms with E-state index in [4.69, 9.17) is 0 Å². The first kappa shape index (κ1) is 17.1.